The maximum Gasteiger partial charge on any atom is 0.222 e. The molecule has 0 radical (unpaired) electrons. The van der Waals surface area contributed by atoms with Crippen LogP contribution < -0.4 is 0 Å². The molecule has 1 heterocycles. The van der Waals surface area contributed by atoms with E-state index in [9.17, 15) is 14.7 Å². The Morgan fingerprint density at radius 3 is 2.50 bits per heavy atom. The lowest BCUT2D eigenvalue weighted by molar-refractivity contribution is -0.133. The maximum absolute atomic E-state index is 12.6. The second kappa shape index (κ2) is 12.0. The summed E-state index contributed by atoms with van der Waals surface area (Å²) >= 11 is 0. The zero-order valence-electron chi connectivity index (χ0n) is 19.6. The molecule has 0 saturated carbocycles. The van der Waals surface area contributed by atoms with Crippen LogP contribution in [0.1, 0.15) is 62.5 Å². The number of aliphatic hydroxyl groups is 1. The average Bonchev–Trinajstić information content (AvgIpc) is 2.79. The van der Waals surface area contributed by atoms with Crippen molar-refractivity contribution in [1.82, 2.24) is 9.80 Å². The number of amides is 1. The minimum absolute atomic E-state index is 0.0289. The quantitative estimate of drug-likeness (QED) is 0.465. The summed E-state index contributed by atoms with van der Waals surface area (Å²) in [6, 6.07) is 8.16. The Hall–Kier alpha value is -2.47. The highest BCUT2D eigenvalue weighted by molar-refractivity contribution is 6.14. The first-order valence-electron chi connectivity index (χ1n) is 12.0. The van der Waals surface area contributed by atoms with Crippen molar-refractivity contribution >= 4 is 17.9 Å². The molecule has 174 valence electrons. The number of carbonyl (C=O) groups is 2. The van der Waals surface area contributed by atoms with E-state index in [0.717, 1.165) is 57.5 Å². The second-order valence-electron chi connectivity index (χ2n) is 9.01. The molecule has 1 N–H and O–H groups in total. The second-order valence-corrected chi connectivity index (χ2v) is 9.01. The lowest BCUT2D eigenvalue weighted by Gasteiger charge is -2.34. The smallest absolute Gasteiger partial charge is 0.222 e. The summed E-state index contributed by atoms with van der Waals surface area (Å²) in [6.07, 6.45) is 6.33. The van der Waals surface area contributed by atoms with E-state index in [2.05, 4.69) is 16.8 Å². The van der Waals surface area contributed by atoms with E-state index in [4.69, 9.17) is 0 Å². The fourth-order valence-electron chi connectivity index (χ4n) is 4.39. The number of benzene rings is 1. The third-order valence-electron chi connectivity index (χ3n) is 6.52. The summed E-state index contributed by atoms with van der Waals surface area (Å²) in [5.41, 5.74) is 2.63. The van der Waals surface area contributed by atoms with E-state index in [1.165, 1.54) is 5.56 Å². The Labute approximate surface area is 192 Å². The molecule has 1 amide bonds. The highest BCUT2D eigenvalue weighted by Crippen LogP contribution is 2.33. The maximum atomic E-state index is 12.6. The van der Waals surface area contributed by atoms with Gasteiger partial charge in [0.15, 0.2) is 5.78 Å². The highest BCUT2D eigenvalue weighted by atomic mass is 16.3. The number of ketones is 1. The molecule has 0 bridgehead atoms. The molecule has 3 rings (SSSR count). The molecule has 0 aromatic heterocycles. The van der Waals surface area contributed by atoms with Gasteiger partial charge in [-0.3, -0.25) is 19.5 Å². The van der Waals surface area contributed by atoms with Gasteiger partial charge in [-0.05, 0) is 24.8 Å². The molecule has 1 aromatic carbocycles. The lowest BCUT2D eigenvalue weighted by atomic mass is 9.83. The van der Waals surface area contributed by atoms with Crippen LogP contribution in [-0.2, 0) is 9.59 Å². The van der Waals surface area contributed by atoms with Gasteiger partial charge in [-0.25, -0.2) is 0 Å². The van der Waals surface area contributed by atoms with Gasteiger partial charge in [0.2, 0.25) is 5.91 Å². The zero-order chi connectivity index (χ0) is 22.9. The first-order valence-corrected chi connectivity index (χ1v) is 12.0. The Kier molecular flexibility index (Phi) is 9.03. The topological polar surface area (TPSA) is 73.2 Å². The molecule has 0 spiro atoms. The predicted octanol–water partition coefficient (Wildman–Crippen LogP) is 4.05. The van der Waals surface area contributed by atoms with Gasteiger partial charge in [0, 0.05) is 58.2 Å². The summed E-state index contributed by atoms with van der Waals surface area (Å²) in [5, 5.41) is 10.5. The normalized spacial score (nSPS) is 20.4. The molecule has 1 atom stereocenters. The lowest BCUT2D eigenvalue weighted by Crippen LogP contribution is -2.49. The van der Waals surface area contributed by atoms with Crippen LogP contribution in [0.15, 0.2) is 40.6 Å². The van der Waals surface area contributed by atoms with Gasteiger partial charge in [-0.2, -0.15) is 0 Å². The van der Waals surface area contributed by atoms with Crippen molar-refractivity contribution < 1.29 is 14.7 Å². The summed E-state index contributed by atoms with van der Waals surface area (Å²) in [6.45, 7) is 8.84. The van der Waals surface area contributed by atoms with Crippen LogP contribution in [0.25, 0.3) is 0 Å². The van der Waals surface area contributed by atoms with E-state index in [1.807, 2.05) is 36.1 Å². The van der Waals surface area contributed by atoms with Gasteiger partial charge in [-0.1, -0.05) is 49.6 Å². The van der Waals surface area contributed by atoms with Gasteiger partial charge in [0.25, 0.3) is 0 Å². The van der Waals surface area contributed by atoms with Gasteiger partial charge in [-0.15, -0.1) is 0 Å². The number of aryl methyl sites for hydroxylation is 1. The number of nitrogens with zero attached hydrogens (tertiary/aromatic N) is 3. The number of aliphatic hydroxyl groups excluding tert-OH is 1. The number of hydrogen-bond acceptors (Lipinski definition) is 5. The van der Waals surface area contributed by atoms with Crippen molar-refractivity contribution in [3.05, 3.63) is 46.7 Å². The first kappa shape index (κ1) is 24.2. The van der Waals surface area contributed by atoms with E-state index in [-0.39, 0.29) is 23.4 Å². The van der Waals surface area contributed by atoms with Crippen molar-refractivity contribution in [2.45, 2.75) is 58.3 Å². The zero-order valence-corrected chi connectivity index (χ0v) is 19.6. The summed E-state index contributed by atoms with van der Waals surface area (Å²) in [7, 11) is 0. The van der Waals surface area contributed by atoms with Crippen molar-refractivity contribution in [2.24, 2.45) is 4.99 Å². The van der Waals surface area contributed by atoms with Crippen LogP contribution in [0.4, 0.5) is 0 Å². The molecule has 32 heavy (non-hydrogen) atoms. The number of carbonyl (C=O) groups excluding carboxylic acids is 2. The number of piperazine rings is 1. The minimum atomic E-state index is -0.0433. The largest absolute Gasteiger partial charge is 0.511 e. The van der Waals surface area contributed by atoms with E-state index in [0.29, 0.717) is 31.4 Å². The molecule has 1 aromatic rings. The van der Waals surface area contributed by atoms with Crippen LogP contribution in [0.3, 0.4) is 0 Å². The van der Waals surface area contributed by atoms with Crippen molar-refractivity contribution in [3.63, 3.8) is 0 Å². The van der Waals surface area contributed by atoms with Gasteiger partial charge in [0.05, 0.1) is 12.1 Å². The van der Waals surface area contributed by atoms with Crippen molar-refractivity contribution in [1.29, 1.82) is 0 Å². The number of unbranched alkanes of at least 4 members (excludes halogenated alkanes) is 2. The van der Waals surface area contributed by atoms with E-state index < -0.39 is 0 Å². The molecule has 2 aliphatic rings. The third kappa shape index (κ3) is 6.76. The molecule has 6 heteroatoms. The average molecular weight is 440 g/mol. The summed E-state index contributed by atoms with van der Waals surface area (Å²) in [5.74, 6) is 0.406. The molecule has 1 saturated heterocycles. The molecule has 1 aliphatic carbocycles. The van der Waals surface area contributed by atoms with Gasteiger partial charge >= 0.3 is 0 Å². The van der Waals surface area contributed by atoms with E-state index >= 15 is 0 Å². The van der Waals surface area contributed by atoms with E-state index in [1.54, 1.807) is 6.21 Å². The summed E-state index contributed by atoms with van der Waals surface area (Å²) in [4.78, 5) is 33.5. The number of hydrogen-bond donors (Lipinski definition) is 1. The summed E-state index contributed by atoms with van der Waals surface area (Å²) < 4.78 is 0. The van der Waals surface area contributed by atoms with Gasteiger partial charge in [0.1, 0.15) is 5.76 Å². The molecular formula is C26H37N3O3. The molecule has 1 fully saturated rings. The molecule has 1 unspecified atom stereocenters. The van der Waals surface area contributed by atoms with Gasteiger partial charge < -0.3 is 10.0 Å². The van der Waals surface area contributed by atoms with Crippen LogP contribution in [0, 0.1) is 6.92 Å². The first-order chi connectivity index (χ1) is 15.5. The van der Waals surface area contributed by atoms with Crippen molar-refractivity contribution in [2.75, 3.05) is 39.3 Å². The fourth-order valence-corrected chi connectivity index (χ4v) is 4.39. The Morgan fingerprint density at radius 1 is 1.12 bits per heavy atom. The number of Topliss-reactive ketones (excluding diaryl/α,β-unsaturated/α-hetero) is 1. The number of aliphatic imine (C=N–C) groups is 1. The third-order valence-corrected chi connectivity index (χ3v) is 6.52. The Bertz CT molecular complexity index is 836. The SMILES string of the molecule is CCCCCC(=O)N1CCN(CCN=CC2=C(O)CC(c3ccc(C)cc3)CC2=O)CC1. The van der Waals surface area contributed by atoms with Crippen LogP contribution in [-0.4, -0.2) is 72.1 Å². The van der Waals surface area contributed by atoms with Crippen molar-refractivity contribution in [3.8, 4) is 0 Å². The van der Waals surface area contributed by atoms with Crippen LogP contribution >= 0.6 is 0 Å². The number of rotatable bonds is 9. The molecule has 1 aliphatic heterocycles. The standard InChI is InChI=1S/C26H37N3O3/c1-3-4-5-6-26(32)29-15-13-28(14-16-29)12-11-27-19-23-24(30)17-22(18-25(23)31)21-9-7-20(2)8-10-21/h7-10,19,22,30H,3-6,11-18H2,1-2H3. The number of allylic oxidation sites excluding steroid dienone is 2. The van der Waals surface area contributed by atoms with Crippen LogP contribution in [0.2, 0.25) is 0 Å². The van der Waals surface area contributed by atoms with Crippen LogP contribution in [0.5, 0.6) is 0 Å². The monoisotopic (exact) mass is 439 g/mol. The molecular weight excluding hydrogens is 402 g/mol. The Balaban J connectivity index is 1.42. The highest BCUT2D eigenvalue weighted by Gasteiger charge is 2.27. The Morgan fingerprint density at radius 2 is 1.84 bits per heavy atom. The molecule has 6 nitrogen and oxygen atoms in total. The predicted molar refractivity (Wildman–Crippen MR) is 128 cm³/mol. The fraction of sp³-hybridized carbons (Fsp3) is 0.577. The minimum Gasteiger partial charge on any atom is -0.511 e.